The predicted octanol–water partition coefficient (Wildman–Crippen LogP) is 2.05. The second kappa shape index (κ2) is 9.93. The highest BCUT2D eigenvalue weighted by molar-refractivity contribution is 7.71. The zero-order valence-corrected chi connectivity index (χ0v) is 16.0. The number of ether oxygens (including phenoxy) is 1. The van der Waals surface area contributed by atoms with Crippen LogP contribution in [0.4, 0.5) is 0 Å². The van der Waals surface area contributed by atoms with Gasteiger partial charge in [0.25, 0.3) is 5.91 Å². The summed E-state index contributed by atoms with van der Waals surface area (Å²) in [4.78, 5) is 12.4. The van der Waals surface area contributed by atoms with Crippen molar-refractivity contribution in [3.05, 3.63) is 64.9 Å². The van der Waals surface area contributed by atoms with E-state index in [0.29, 0.717) is 35.4 Å². The molecule has 1 unspecified atom stereocenters. The van der Waals surface area contributed by atoms with Crippen molar-refractivity contribution >= 4 is 28.9 Å². The molecule has 8 heteroatoms. The summed E-state index contributed by atoms with van der Waals surface area (Å²) in [6.45, 7) is 1.47. The Kier molecular flexibility index (Phi) is 7.07. The molecule has 7 nitrogen and oxygen atoms in total. The minimum absolute atomic E-state index is 0.197. The smallest absolute Gasteiger partial charge is 0.272 e. The molecule has 28 heavy (non-hydrogen) atoms. The molecule has 0 fully saturated rings. The van der Waals surface area contributed by atoms with Gasteiger partial charge in [-0.25, -0.2) is 0 Å². The fraction of sp³-hybridized carbons (Fsp3) is 0.250. The van der Waals surface area contributed by atoms with Gasteiger partial charge in [0.05, 0.1) is 0 Å². The molecule has 146 valence electrons. The van der Waals surface area contributed by atoms with Crippen LogP contribution < -0.4 is 15.4 Å². The zero-order valence-electron chi connectivity index (χ0n) is 15.2. The first-order chi connectivity index (χ1) is 13.6. The van der Waals surface area contributed by atoms with Crippen molar-refractivity contribution < 1.29 is 14.6 Å². The molecule has 4 N–H and O–H groups in total. The van der Waals surface area contributed by atoms with Crippen LogP contribution in [0.5, 0.6) is 5.75 Å². The summed E-state index contributed by atoms with van der Waals surface area (Å²) in [5.74, 6) is 0.438. The lowest BCUT2D eigenvalue weighted by molar-refractivity contribution is 0.0946. The molecule has 1 atom stereocenters. The van der Waals surface area contributed by atoms with Gasteiger partial charge in [0.2, 0.25) is 0 Å². The number of rotatable bonds is 9. The molecule has 3 aromatic rings. The highest BCUT2D eigenvalue weighted by Crippen LogP contribution is 2.16. The van der Waals surface area contributed by atoms with Crippen molar-refractivity contribution in [3.63, 3.8) is 0 Å². The lowest BCUT2D eigenvalue weighted by Gasteiger charge is -2.13. The van der Waals surface area contributed by atoms with Gasteiger partial charge in [-0.15, -0.1) is 0 Å². The van der Waals surface area contributed by atoms with Gasteiger partial charge >= 0.3 is 0 Å². The van der Waals surface area contributed by atoms with Gasteiger partial charge in [-0.2, -0.15) is 5.10 Å². The number of aromatic amines is 1. The Balaban J connectivity index is 1.40. The van der Waals surface area contributed by atoms with Crippen molar-refractivity contribution in [2.75, 3.05) is 26.2 Å². The van der Waals surface area contributed by atoms with Gasteiger partial charge in [-0.3, -0.25) is 9.89 Å². The minimum atomic E-state index is -0.643. The first-order valence-corrected chi connectivity index (χ1v) is 9.38. The van der Waals surface area contributed by atoms with Crippen LogP contribution in [0.25, 0.3) is 10.8 Å². The Hall–Kier alpha value is -2.81. The second-order valence-corrected chi connectivity index (χ2v) is 6.59. The largest absolute Gasteiger partial charge is 0.491 e. The summed E-state index contributed by atoms with van der Waals surface area (Å²) in [5, 5.41) is 24.1. The van der Waals surface area contributed by atoms with Crippen LogP contribution in [0.2, 0.25) is 0 Å². The van der Waals surface area contributed by atoms with E-state index >= 15 is 0 Å². The van der Waals surface area contributed by atoms with Gasteiger partial charge in [0.1, 0.15) is 23.1 Å². The fourth-order valence-corrected chi connectivity index (χ4v) is 2.90. The number of carbonyl (C=O) groups excluding carboxylic acids is 1. The Bertz CT molecular complexity index is 978. The summed E-state index contributed by atoms with van der Waals surface area (Å²) in [6, 6.07) is 16.7. The summed E-state index contributed by atoms with van der Waals surface area (Å²) in [7, 11) is 0. The van der Waals surface area contributed by atoms with Crippen molar-refractivity contribution in [3.8, 4) is 5.75 Å². The molecule has 0 saturated carbocycles. The molecule has 1 heterocycles. The fourth-order valence-electron chi connectivity index (χ4n) is 2.67. The molecular formula is C20H22N4O3S. The quantitative estimate of drug-likeness (QED) is 0.325. The third-order valence-electron chi connectivity index (χ3n) is 4.06. The van der Waals surface area contributed by atoms with Crippen molar-refractivity contribution in [2.45, 2.75) is 6.10 Å². The molecule has 0 aliphatic rings. The number of para-hydroxylation sites is 1. The number of nitrogens with zero attached hydrogens (tertiary/aromatic N) is 1. The Morgan fingerprint density at radius 1 is 1.11 bits per heavy atom. The number of carbonyl (C=O) groups is 1. The average Bonchev–Trinajstić information content (AvgIpc) is 2.73. The lowest BCUT2D eigenvalue weighted by atomic mass is 10.1. The molecule has 1 amide bonds. The van der Waals surface area contributed by atoms with E-state index in [4.69, 9.17) is 17.0 Å². The van der Waals surface area contributed by atoms with Crippen LogP contribution in [0.1, 0.15) is 10.5 Å². The van der Waals surface area contributed by atoms with E-state index < -0.39 is 6.10 Å². The standard InChI is InChI=1S/C20H22N4O3S/c25-14(13-27-15-6-2-1-3-7-15)12-21-10-11-22-19(26)18-16-8-4-5-9-17(16)20(28)24-23-18/h1-9,14,21,25H,10-13H2,(H,22,26)(H,24,28). The maximum absolute atomic E-state index is 12.4. The summed E-state index contributed by atoms with van der Waals surface area (Å²) in [6.07, 6.45) is -0.643. The molecule has 0 bridgehead atoms. The van der Waals surface area contributed by atoms with Crippen LogP contribution in [0, 0.1) is 4.64 Å². The Morgan fingerprint density at radius 2 is 1.82 bits per heavy atom. The highest BCUT2D eigenvalue weighted by Gasteiger charge is 2.12. The maximum atomic E-state index is 12.4. The molecule has 0 spiro atoms. The van der Waals surface area contributed by atoms with E-state index in [-0.39, 0.29) is 12.5 Å². The Morgan fingerprint density at radius 3 is 2.61 bits per heavy atom. The molecule has 0 saturated heterocycles. The average molecular weight is 398 g/mol. The number of aliphatic hydroxyl groups is 1. The van der Waals surface area contributed by atoms with E-state index in [1.54, 1.807) is 0 Å². The molecule has 3 rings (SSSR count). The van der Waals surface area contributed by atoms with Gasteiger partial charge < -0.3 is 20.5 Å². The normalized spacial score (nSPS) is 11.9. The van der Waals surface area contributed by atoms with E-state index in [1.165, 1.54) is 0 Å². The number of aromatic nitrogens is 2. The first kappa shape index (κ1) is 19.9. The van der Waals surface area contributed by atoms with Crippen molar-refractivity contribution in [1.82, 2.24) is 20.8 Å². The summed E-state index contributed by atoms with van der Waals surface area (Å²) >= 11 is 5.21. The number of hydrogen-bond acceptors (Lipinski definition) is 6. The summed E-state index contributed by atoms with van der Waals surface area (Å²) in [5.41, 5.74) is 0.306. The first-order valence-electron chi connectivity index (χ1n) is 8.97. The molecule has 0 aliphatic heterocycles. The highest BCUT2D eigenvalue weighted by atomic mass is 32.1. The van der Waals surface area contributed by atoms with Gasteiger partial charge in [-0.1, -0.05) is 54.7 Å². The number of H-pyrrole nitrogens is 1. The van der Waals surface area contributed by atoms with Gasteiger partial charge in [0, 0.05) is 30.4 Å². The molecule has 0 radical (unpaired) electrons. The number of aliphatic hydroxyl groups excluding tert-OH is 1. The van der Waals surface area contributed by atoms with Crippen LogP contribution >= 0.6 is 12.2 Å². The third kappa shape index (κ3) is 5.35. The number of hydrogen-bond donors (Lipinski definition) is 4. The second-order valence-electron chi connectivity index (χ2n) is 6.18. The molecule has 1 aromatic heterocycles. The lowest BCUT2D eigenvalue weighted by Crippen LogP contribution is -2.37. The van der Waals surface area contributed by atoms with Gasteiger partial charge in [0.15, 0.2) is 5.69 Å². The van der Waals surface area contributed by atoms with E-state index in [1.807, 2.05) is 54.6 Å². The van der Waals surface area contributed by atoms with Crippen LogP contribution in [0.15, 0.2) is 54.6 Å². The van der Waals surface area contributed by atoms with E-state index in [0.717, 1.165) is 11.1 Å². The number of fused-ring (bicyclic) bond motifs is 1. The van der Waals surface area contributed by atoms with Crippen molar-refractivity contribution in [2.24, 2.45) is 0 Å². The minimum Gasteiger partial charge on any atom is -0.491 e. The topological polar surface area (TPSA) is 99.3 Å². The van der Waals surface area contributed by atoms with Crippen LogP contribution in [-0.2, 0) is 0 Å². The van der Waals surface area contributed by atoms with Crippen LogP contribution in [-0.4, -0.2) is 53.6 Å². The number of benzene rings is 2. The molecule has 0 aliphatic carbocycles. The summed E-state index contributed by atoms with van der Waals surface area (Å²) < 4.78 is 5.99. The number of nitrogens with one attached hydrogen (secondary N) is 3. The van der Waals surface area contributed by atoms with E-state index in [2.05, 4.69) is 20.8 Å². The molecular weight excluding hydrogens is 376 g/mol. The SMILES string of the molecule is O=C(NCCNCC(O)COc1ccccc1)c1n[nH]c(=S)c2ccccc12. The molecule has 2 aromatic carbocycles. The predicted molar refractivity (Wildman–Crippen MR) is 110 cm³/mol. The van der Waals surface area contributed by atoms with Gasteiger partial charge in [-0.05, 0) is 12.1 Å². The monoisotopic (exact) mass is 398 g/mol. The van der Waals surface area contributed by atoms with E-state index in [9.17, 15) is 9.90 Å². The third-order valence-corrected chi connectivity index (χ3v) is 4.38. The zero-order chi connectivity index (χ0) is 19.8. The van der Waals surface area contributed by atoms with Crippen molar-refractivity contribution in [1.29, 1.82) is 0 Å². The van der Waals surface area contributed by atoms with Crippen LogP contribution in [0.3, 0.4) is 0 Å². The number of amides is 1. The maximum Gasteiger partial charge on any atom is 0.272 e. The Labute approximate surface area is 167 Å².